The summed E-state index contributed by atoms with van der Waals surface area (Å²) in [6, 6.07) is -5.10. The van der Waals surface area contributed by atoms with E-state index in [-0.39, 0.29) is 18.3 Å². The van der Waals surface area contributed by atoms with Gasteiger partial charge in [0.05, 0.1) is 19.2 Å². The number of aliphatic carboxylic acids is 1. The molecule has 15 nitrogen and oxygen atoms in total. The topological polar surface area (TPSA) is 246 Å². The zero-order chi connectivity index (χ0) is 32.0. The van der Waals surface area contributed by atoms with Crippen LogP contribution in [0.3, 0.4) is 0 Å². The summed E-state index contributed by atoms with van der Waals surface area (Å²) in [6.45, 7) is 6.73. The van der Waals surface area contributed by atoms with E-state index >= 15 is 0 Å². The summed E-state index contributed by atoms with van der Waals surface area (Å²) in [7, 11) is 0. The van der Waals surface area contributed by atoms with Gasteiger partial charge in [0, 0.05) is 6.54 Å². The largest absolute Gasteiger partial charge is 0.480 e. The number of hydrogen-bond donors (Lipinski definition) is 8. The number of nitrogens with two attached hydrogens (primary N) is 2. The fourth-order valence-electron chi connectivity index (χ4n) is 4.62. The van der Waals surface area contributed by atoms with Crippen LogP contribution >= 0.6 is 0 Å². The van der Waals surface area contributed by atoms with Gasteiger partial charge >= 0.3 is 5.97 Å². The van der Waals surface area contributed by atoms with E-state index in [1.165, 1.54) is 4.90 Å². The Hall–Kier alpha value is -3.30. The number of hydrogen-bond acceptors (Lipinski definition) is 9. The summed E-state index contributed by atoms with van der Waals surface area (Å²) in [5, 5.41) is 27.9. The second-order valence-electron chi connectivity index (χ2n) is 11.4. The van der Waals surface area contributed by atoms with Gasteiger partial charge in [0.1, 0.15) is 24.2 Å². The lowest BCUT2D eigenvalue weighted by molar-refractivity contribution is -0.143. The van der Waals surface area contributed by atoms with Crippen molar-refractivity contribution in [1.29, 1.82) is 0 Å². The molecule has 0 aliphatic carbocycles. The summed E-state index contributed by atoms with van der Waals surface area (Å²) in [6.07, 6.45) is 2.66. The van der Waals surface area contributed by atoms with Crippen LogP contribution < -0.4 is 32.7 Å². The fourth-order valence-corrected chi connectivity index (χ4v) is 4.62. The van der Waals surface area contributed by atoms with Crippen LogP contribution in [-0.2, 0) is 28.8 Å². The Morgan fingerprint density at radius 1 is 0.952 bits per heavy atom. The highest BCUT2D eigenvalue weighted by atomic mass is 16.4. The first kappa shape index (κ1) is 36.7. The van der Waals surface area contributed by atoms with Gasteiger partial charge in [-0.15, -0.1) is 0 Å². The van der Waals surface area contributed by atoms with Crippen LogP contribution in [0.25, 0.3) is 0 Å². The third-order valence-electron chi connectivity index (χ3n) is 6.95. The predicted octanol–water partition coefficient (Wildman–Crippen LogP) is -2.22. The second-order valence-corrected chi connectivity index (χ2v) is 11.4. The molecule has 0 bridgehead atoms. The Bertz CT molecular complexity index is 945. The zero-order valence-electron chi connectivity index (χ0n) is 25.1. The minimum absolute atomic E-state index is 0.192. The molecule has 0 unspecified atom stereocenters. The van der Waals surface area contributed by atoms with Crippen molar-refractivity contribution in [2.75, 3.05) is 26.2 Å². The highest BCUT2D eigenvalue weighted by Gasteiger charge is 2.40. The Kier molecular flexibility index (Phi) is 16.0. The quantitative estimate of drug-likeness (QED) is 0.0789. The Labute approximate surface area is 246 Å². The van der Waals surface area contributed by atoms with Crippen molar-refractivity contribution in [3.63, 3.8) is 0 Å². The van der Waals surface area contributed by atoms with Gasteiger partial charge in [-0.25, -0.2) is 4.79 Å². The summed E-state index contributed by atoms with van der Waals surface area (Å²) in [4.78, 5) is 77.0. The maximum Gasteiger partial charge on any atom is 0.328 e. The van der Waals surface area contributed by atoms with Crippen molar-refractivity contribution in [1.82, 2.24) is 26.2 Å². The van der Waals surface area contributed by atoms with Crippen LogP contribution in [0.5, 0.6) is 0 Å². The lowest BCUT2D eigenvalue weighted by Crippen LogP contribution is -2.58. The molecule has 240 valence electrons. The van der Waals surface area contributed by atoms with E-state index in [0.29, 0.717) is 45.2 Å². The van der Waals surface area contributed by atoms with E-state index in [0.717, 1.165) is 0 Å². The lowest BCUT2D eigenvalue weighted by atomic mass is 9.99. The lowest BCUT2D eigenvalue weighted by Gasteiger charge is -2.32. The number of carbonyl (C=O) groups excluding carboxylic acids is 5. The van der Waals surface area contributed by atoms with E-state index in [1.54, 1.807) is 13.8 Å². The molecule has 0 radical (unpaired) electrons. The molecule has 1 rings (SSSR count). The average molecular weight is 600 g/mol. The van der Waals surface area contributed by atoms with E-state index in [1.807, 2.05) is 13.8 Å². The molecule has 15 heteroatoms. The number of nitrogens with zero attached hydrogens (tertiary/aromatic N) is 1. The SMILES string of the molecule is CC(C)C[C@H](N)C(=O)N[C@H](C(=O)N1CCC[C@H]1C(=O)N[C@@H](CCCCN)C(=O)NCC(=O)N[C@@H](CO)C(=O)O)C(C)C. The van der Waals surface area contributed by atoms with Crippen LogP contribution in [0.1, 0.15) is 66.2 Å². The number of unbranched alkanes of at least 4 members (excludes halogenated alkanes) is 1. The smallest absolute Gasteiger partial charge is 0.328 e. The number of aliphatic hydroxyl groups excluding tert-OH is 1. The molecule has 5 amide bonds. The van der Waals surface area contributed by atoms with Gasteiger partial charge in [0.25, 0.3) is 0 Å². The molecular weight excluding hydrogens is 550 g/mol. The van der Waals surface area contributed by atoms with E-state index < -0.39 is 78.9 Å². The number of likely N-dealkylation sites (tertiary alicyclic amines) is 1. The first-order chi connectivity index (χ1) is 19.7. The molecule has 0 aromatic rings. The molecule has 0 saturated carbocycles. The Morgan fingerprint density at radius 2 is 1.62 bits per heavy atom. The third kappa shape index (κ3) is 11.9. The second kappa shape index (κ2) is 18.3. The number of nitrogens with one attached hydrogen (secondary N) is 4. The van der Waals surface area contributed by atoms with Crippen molar-refractivity contribution < 1.29 is 39.0 Å². The molecule has 0 aromatic carbocycles. The molecule has 0 spiro atoms. The minimum Gasteiger partial charge on any atom is -0.480 e. The molecule has 0 aromatic heterocycles. The maximum absolute atomic E-state index is 13.5. The third-order valence-corrected chi connectivity index (χ3v) is 6.95. The maximum atomic E-state index is 13.5. The number of carboxylic acid groups (broad SMARTS) is 1. The van der Waals surface area contributed by atoms with Crippen molar-refractivity contribution in [2.24, 2.45) is 23.3 Å². The molecule has 5 atom stereocenters. The molecule has 42 heavy (non-hydrogen) atoms. The first-order valence-corrected chi connectivity index (χ1v) is 14.5. The number of rotatable bonds is 18. The molecular formula is C27H49N7O8. The van der Waals surface area contributed by atoms with E-state index in [4.69, 9.17) is 21.7 Å². The van der Waals surface area contributed by atoms with Gasteiger partial charge < -0.3 is 47.8 Å². The van der Waals surface area contributed by atoms with E-state index in [2.05, 4.69) is 21.3 Å². The first-order valence-electron chi connectivity index (χ1n) is 14.5. The fraction of sp³-hybridized carbons (Fsp3) is 0.778. The van der Waals surface area contributed by atoms with Crippen LogP contribution in [0.15, 0.2) is 0 Å². The van der Waals surface area contributed by atoms with Gasteiger partial charge in [-0.05, 0) is 56.9 Å². The summed E-state index contributed by atoms with van der Waals surface area (Å²) in [5.41, 5.74) is 11.6. The number of aliphatic hydroxyl groups is 1. The highest BCUT2D eigenvalue weighted by molar-refractivity contribution is 5.96. The summed E-state index contributed by atoms with van der Waals surface area (Å²) in [5.74, 6) is -4.42. The van der Waals surface area contributed by atoms with Gasteiger partial charge in [0.2, 0.25) is 29.5 Å². The van der Waals surface area contributed by atoms with Gasteiger partial charge in [-0.1, -0.05) is 27.7 Å². The highest BCUT2D eigenvalue weighted by Crippen LogP contribution is 2.21. The monoisotopic (exact) mass is 599 g/mol. The predicted molar refractivity (Wildman–Crippen MR) is 153 cm³/mol. The minimum atomic E-state index is -1.52. The summed E-state index contributed by atoms with van der Waals surface area (Å²) < 4.78 is 0. The van der Waals surface area contributed by atoms with Crippen molar-refractivity contribution >= 4 is 35.5 Å². The van der Waals surface area contributed by atoms with Gasteiger partial charge in [0.15, 0.2) is 0 Å². The van der Waals surface area contributed by atoms with Crippen molar-refractivity contribution in [3.8, 4) is 0 Å². The Morgan fingerprint density at radius 3 is 2.17 bits per heavy atom. The van der Waals surface area contributed by atoms with Crippen molar-refractivity contribution in [2.45, 2.75) is 96.4 Å². The van der Waals surface area contributed by atoms with Gasteiger partial charge in [-0.2, -0.15) is 0 Å². The Balaban J connectivity index is 2.94. The molecule has 10 N–H and O–H groups in total. The van der Waals surface area contributed by atoms with Crippen LogP contribution in [0.2, 0.25) is 0 Å². The molecule has 1 saturated heterocycles. The van der Waals surface area contributed by atoms with Crippen LogP contribution in [0, 0.1) is 11.8 Å². The molecule has 1 aliphatic heterocycles. The number of carbonyl (C=O) groups is 6. The van der Waals surface area contributed by atoms with E-state index in [9.17, 15) is 28.8 Å². The van der Waals surface area contributed by atoms with Crippen molar-refractivity contribution in [3.05, 3.63) is 0 Å². The molecule has 1 heterocycles. The number of amides is 5. The zero-order valence-corrected chi connectivity index (χ0v) is 25.1. The summed E-state index contributed by atoms with van der Waals surface area (Å²) >= 11 is 0. The average Bonchev–Trinajstić information content (AvgIpc) is 3.41. The van der Waals surface area contributed by atoms with Gasteiger partial charge in [-0.3, -0.25) is 24.0 Å². The molecule has 1 aliphatic rings. The normalized spacial score (nSPS) is 17.7. The van der Waals surface area contributed by atoms with Crippen LogP contribution in [-0.4, -0.2) is 107 Å². The number of carboxylic acids is 1. The molecule has 1 fully saturated rings. The van der Waals surface area contributed by atoms with Crippen LogP contribution in [0.4, 0.5) is 0 Å². The standard InChI is InChI=1S/C27H49N7O8/c1-15(2)12-17(29)23(37)33-22(16(3)4)26(40)34-11-7-9-20(34)25(39)32-18(8-5-6-10-28)24(38)30-13-21(36)31-19(14-35)27(41)42/h15-20,22,35H,5-14,28-29H2,1-4H3,(H,30,38)(H,31,36)(H,32,39)(H,33,37)(H,41,42)/t17-,18-,19-,20-,22-/m0/s1.